The molecule has 1 saturated carbocycles. The minimum absolute atomic E-state index is 0.0761. The first-order chi connectivity index (χ1) is 15.2. The Morgan fingerprint density at radius 1 is 1.09 bits per heavy atom. The SMILES string of the molecule is NC(=O)c1ccc2nnc(C(=O)N3CC4CC(c5ccc#cc5C(F)(F)F)CC4C3)n2c1. The second-order valence-corrected chi connectivity index (χ2v) is 8.36. The minimum Gasteiger partial charge on any atom is -0.366 e. The van der Waals surface area contributed by atoms with E-state index >= 15 is 0 Å². The van der Waals surface area contributed by atoms with Crippen LogP contribution in [0.1, 0.15) is 50.9 Å². The lowest BCUT2D eigenvalue weighted by Crippen LogP contribution is -2.31. The molecule has 1 saturated heterocycles. The van der Waals surface area contributed by atoms with E-state index in [1.165, 1.54) is 28.8 Å². The maximum absolute atomic E-state index is 13.4. The van der Waals surface area contributed by atoms with Crippen molar-refractivity contribution in [2.24, 2.45) is 17.6 Å². The van der Waals surface area contributed by atoms with E-state index in [4.69, 9.17) is 5.73 Å². The van der Waals surface area contributed by atoms with Crippen LogP contribution < -0.4 is 5.73 Å². The number of likely N-dealkylation sites (tertiary alicyclic amines) is 1. The molecule has 1 aliphatic heterocycles. The van der Waals surface area contributed by atoms with Gasteiger partial charge in [0.25, 0.3) is 5.91 Å². The molecule has 1 aromatic carbocycles. The molecule has 0 spiro atoms. The molecule has 3 heterocycles. The van der Waals surface area contributed by atoms with Crippen LogP contribution in [-0.2, 0) is 6.18 Å². The Hall–Kier alpha value is -3.61. The fourth-order valence-corrected chi connectivity index (χ4v) is 5.02. The van der Waals surface area contributed by atoms with Gasteiger partial charge in [-0.15, -0.1) is 10.2 Å². The van der Waals surface area contributed by atoms with Crippen LogP contribution in [0.25, 0.3) is 5.65 Å². The lowest BCUT2D eigenvalue weighted by Gasteiger charge is -2.20. The molecule has 1 aliphatic carbocycles. The van der Waals surface area contributed by atoms with Crippen molar-refractivity contribution in [2.45, 2.75) is 24.9 Å². The number of halogens is 3. The molecule has 0 bridgehead atoms. The highest BCUT2D eigenvalue weighted by atomic mass is 19.4. The number of aromatic nitrogens is 3. The van der Waals surface area contributed by atoms with Gasteiger partial charge in [-0.2, -0.15) is 13.2 Å². The summed E-state index contributed by atoms with van der Waals surface area (Å²) in [7, 11) is 0. The Bertz CT molecular complexity index is 1210. The van der Waals surface area contributed by atoms with Crippen molar-refractivity contribution in [3.05, 3.63) is 65.1 Å². The van der Waals surface area contributed by atoms with Gasteiger partial charge in [0.15, 0.2) is 5.65 Å². The molecule has 10 heteroatoms. The number of amides is 2. The van der Waals surface area contributed by atoms with Gasteiger partial charge in [-0.3, -0.25) is 14.0 Å². The molecule has 2 atom stereocenters. The van der Waals surface area contributed by atoms with Crippen LogP contribution in [0.15, 0.2) is 30.5 Å². The molecule has 2 N–H and O–H groups in total. The number of rotatable bonds is 3. The Kier molecular flexibility index (Phi) is 4.58. The number of carbonyl (C=O) groups is 2. The van der Waals surface area contributed by atoms with Crippen LogP contribution in [0.2, 0.25) is 0 Å². The molecular formula is C22H18F3N5O2. The summed E-state index contributed by atoms with van der Waals surface area (Å²) in [6, 6.07) is 10.6. The van der Waals surface area contributed by atoms with E-state index in [1.54, 1.807) is 11.0 Å². The first-order valence-corrected chi connectivity index (χ1v) is 10.2. The number of fused-ring (bicyclic) bond motifs is 2. The number of carbonyl (C=O) groups excluding carboxylic acids is 2. The lowest BCUT2D eigenvalue weighted by molar-refractivity contribution is -0.138. The molecule has 2 amide bonds. The van der Waals surface area contributed by atoms with Crippen molar-refractivity contribution >= 4 is 17.5 Å². The van der Waals surface area contributed by atoms with E-state index in [-0.39, 0.29) is 40.6 Å². The fraction of sp³-hybridized carbons (Fsp3) is 0.364. The molecule has 2 aromatic heterocycles. The average molecular weight is 441 g/mol. The van der Waals surface area contributed by atoms with Gasteiger partial charge >= 0.3 is 6.18 Å². The molecule has 5 rings (SSSR count). The molecule has 2 fully saturated rings. The van der Waals surface area contributed by atoms with Gasteiger partial charge in [-0.1, -0.05) is 12.1 Å². The fourth-order valence-electron chi connectivity index (χ4n) is 5.02. The Labute approximate surface area is 181 Å². The third kappa shape index (κ3) is 3.34. The summed E-state index contributed by atoms with van der Waals surface area (Å²) in [5.41, 5.74) is 5.46. The number of alkyl halides is 3. The molecule has 7 nitrogen and oxygen atoms in total. The van der Waals surface area contributed by atoms with Crippen LogP contribution >= 0.6 is 0 Å². The summed E-state index contributed by atoms with van der Waals surface area (Å²) < 4.78 is 41.6. The number of nitrogens with zero attached hydrogens (tertiary/aromatic N) is 4. The summed E-state index contributed by atoms with van der Waals surface area (Å²) in [5.74, 6) is -0.897. The topological polar surface area (TPSA) is 93.6 Å². The van der Waals surface area contributed by atoms with Gasteiger partial charge in [-0.25, -0.2) is 0 Å². The highest BCUT2D eigenvalue weighted by Gasteiger charge is 2.45. The van der Waals surface area contributed by atoms with Crippen LogP contribution in [0.5, 0.6) is 0 Å². The van der Waals surface area contributed by atoms with Gasteiger partial charge in [0.1, 0.15) is 5.56 Å². The quantitative estimate of drug-likeness (QED) is 0.676. The van der Waals surface area contributed by atoms with Crippen molar-refractivity contribution in [3.8, 4) is 0 Å². The molecular weight excluding hydrogens is 423 g/mol. The third-order valence-electron chi connectivity index (χ3n) is 6.47. The summed E-state index contributed by atoms with van der Waals surface area (Å²) in [6.07, 6.45) is -1.89. The maximum Gasteiger partial charge on any atom is 0.424 e. The largest absolute Gasteiger partial charge is 0.424 e. The number of pyridine rings is 1. The van der Waals surface area contributed by atoms with Crippen LogP contribution in [0.4, 0.5) is 13.2 Å². The van der Waals surface area contributed by atoms with Gasteiger partial charge in [-0.05, 0) is 60.4 Å². The Balaban J connectivity index is 1.34. The molecule has 3 aromatic rings. The van der Waals surface area contributed by atoms with E-state index in [2.05, 4.69) is 22.3 Å². The van der Waals surface area contributed by atoms with Gasteiger partial charge in [0, 0.05) is 19.3 Å². The molecule has 164 valence electrons. The number of hydrogen-bond donors (Lipinski definition) is 1. The zero-order valence-electron chi connectivity index (χ0n) is 16.8. The molecule has 2 aliphatic rings. The van der Waals surface area contributed by atoms with Crippen molar-refractivity contribution in [1.82, 2.24) is 19.5 Å². The van der Waals surface area contributed by atoms with E-state index in [0.717, 1.165) is 0 Å². The lowest BCUT2D eigenvalue weighted by atomic mass is 9.92. The Morgan fingerprint density at radius 2 is 1.81 bits per heavy atom. The summed E-state index contributed by atoms with van der Waals surface area (Å²) in [5, 5.41) is 7.94. The highest BCUT2D eigenvalue weighted by Crippen LogP contribution is 2.48. The molecule has 32 heavy (non-hydrogen) atoms. The normalized spacial score (nSPS) is 22.7. The first-order valence-electron chi connectivity index (χ1n) is 10.2. The number of nitrogens with two attached hydrogens (primary N) is 1. The van der Waals surface area contributed by atoms with E-state index < -0.39 is 17.6 Å². The van der Waals surface area contributed by atoms with E-state index in [0.29, 0.717) is 31.6 Å². The highest BCUT2D eigenvalue weighted by molar-refractivity contribution is 5.94. The summed E-state index contributed by atoms with van der Waals surface area (Å²) in [4.78, 5) is 26.2. The summed E-state index contributed by atoms with van der Waals surface area (Å²) >= 11 is 0. The standard InChI is InChI=1S/C22H18F3N5O2/c23-22(24,25)17-4-2-1-3-16(17)13-7-14-9-29(10-15(14)8-13)21(32)20-28-27-18-6-5-12(19(26)31)11-30(18)20/h1,3,5-6,11,13-15H,7-10H2,(H2,26,31). The zero-order valence-corrected chi connectivity index (χ0v) is 16.8. The van der Waals surface area contributed by atoms with Crippen molar-refractivity contribution in [3.63, 3.8) is 0 Å². The van der Waals surface area contributed by atoms with Crippen LogP contribution in [-0.4, -0.2) is 44.4 Å². The smallest absolute Gasteiger partial charge is 0.366 e. The monoisotopic (exact) mass is 441 g/mol. The van der Waals surface area contributed by atoms with E-state index in [1.807, 2.05) is 0 Å². The van der Waals surface area contributed by atoms with Crippen molar-refractivity contribution < 1.29 is 22.8 Å². The minimum atomic E-state index is -4.47. The average Bonchev–Trinajstić information content (AvgIpc) is 3.45. The predicted molar refractivity (Wildman–Crippen MR) is 105 cm³/mol. The molecule has 0 radical (unpaired) electrons. The second-order valence-electron chi connectivity index (χ2n) is 8.36. The van der Waals surface area contributed by atoms with Crippen molar-refractivity contribution in [1.29, 1.82) is 0 Å². The maximum atomic E-state index is 13.4. The third-order valence-corrected chi connectivity index (χ3v) is 6.47. The summed E-state index contributed by atoms with van der Waals surface area (Å²) in [6.45, 7) is 0.878. The van der Waals surface area contributed by atoms with Crippen molar-refractivity contribution in [2.75, 3.05) is 13.1 Å². The van der Waals surface area contributed by atoms with E-state index in [9.17, 15) is 22.8 Å². The van der Waals surface area contributed by atoms with Gasteiger partial charge < -0.3 is 10.6 Å². The zero-order chi connectivity index (χ0) is 22.6. The molecule has 2 unspecified atom stereocenters. The first kappa shape index (κ1) is 20.3. The number of hydrogen-bond acceptors (Lipinski definition) is 4. The Morgan fingerprint density at radius 3 is 2.47 bits per heavy atom. The second kappa shape index (κ2) is 7.22. The van der Waals surface area contributed by atoms with Gasteiger partial charge in [0.05, 0.1) is 5.56 Å². The predicted octanol–water partition coefficient (Wildman–Crippen LogP) is 2.71. The van der Waals surface area contributed by atoms with Gasteiger partial charge in [0.2, 0.25) is 11.7 Å². The number of primary amides is 1. The van der Waals surface area contributed by atoms with Crippen LogP contribution in [0.3, 0.4) is 0 Å². The van der Waals surface area contributed by atoms with Crippen LogP contribution in [0, 0.1) is 24.0 Å².